The number of aromatic nitrogens is 4. The normalized spacial score (nSPS) is 22.5. The van der Waals surface area contributed by atoms with Crippen molar-refractivity contribution in [3.63, 3.8) is 0 Å². The van der Waals surface area contributed by atoms with E-state index in [1.54, 1.807) is 0 Å². The molecule has 6 nitrogen and oxygen atoms in total. The molecule has 3 atom stereocenters. The molecule has 0 radical (unpaired) electrons. The lowest BCUT2D eigenvalue weighted by Gasteiger charge is -2.56. The maximum Gasteiger partial charge on any atom is 0.155 e. The van der Waals surface area contributed by atoms with Gasteiger partial charge in [0.05, 0.1) is 18.9 Å². The molecule has 0 spiro atoms. The van der Waals surface area contributed by atoms with Crippen LogP contribution >= 0.6 is 0 Å². The number of rotatable bonds is 4. The van der Waals surface area contributed by atoms with Crippen LogP contribution in [0.15, 0.2) is 73.1 Å². The molecule has 2 aromatic carbocycles. The molecule has 200 valence electrons. The summed E-state index contributed by atoms with van der Waals surface area (Å²) in [7, 11) is 0. The number of benzene rings is 2. The molecule has 40 heavy (non-hydrogen) atoms. The van der Waals surface area contributed by atoms with E-state index in [0.717, 1.165) is 59.6 Å². The lowest BCUT2D eigenvalue weighted by Crippen LogP contribution is -2.66. The second-order valence-electron chi connectivity index (χ2n) is 11.7. The Morgan fingerprint density at radius 2 is 1.60 bits per heavy atom. The Hall–Kier alpha value is -3.87. The van der Waals surface area contributed by atoms with Crippen molar-refractivity contribution in [2.24, 2.45) is 0 Å². The SMILES string of the molecule is Cc1ccccc1-c1ccc(-c2n[nH]c3ncc(-c4ccc5c(c4)CC[C@@H](N4C6COCC4C6)CC5)cc23)nc1. The first kappa shape index (κ1) is 24.0. The zero-order valence-electron chi connectivity index (χ0n) is 22.8. The van der Waals surface area contributed by atoms with Crippen LogP contribution in [0.2, 0.25) is 0 Å². The fourth-order valence-corrected chi connectivity index (χ4v) is 7.18. The number of pyridine rings is 2. The van der Waals surface area contributed by atoms with E-state index < -0.39 is 0 Å². The van der Waals surface area contributed by atoms with Crippen LogP contribution in [0.3, 0.4) is 0 Å². The largest absolute Gasteiger partial charge is 0.378 e. The predicted octanol–water partition coefficient (Wildman–Crippen LogP) is 6.38. The van der Waals surface area contributed by atoms with Crippen LogP contribution in [0, 0.1) is 6.92 Å². The van der Waals surface area contributed by atoms with Crippen molar-refractivity contribution in [1.29, 1.82) is 0 Å². The van der Waals surface area contributed by atoms with Crippen LogP contribution in [-0.2, 0) is 17.6 Å². The summed E-state index contributed by atoms with van der Waals surface area (Å²) in [6.45, 7) is 3.97. The number of hydrogen-bond acceptors (Lipinski definition) is 5. The number of aryl methyl sites for hydroxylation is 3. The van der Waals surface area contributed by atoms with E-state index in [1.807, 2.05) is 12.4 Å². The van der Waals surface area contributed by atoms with Gasteiger partial charge in [-0.3, -0.25) is 15.0 Å². The highest BCUT2D eigenvalue weighted by molar-refractivity contribution is 5.92. The second kappa shape index (κ2) is 9.65. The zero-order valence-corrected chi connectivity index (χ0v) is 22.8. The van der Waals surface area contributed by atoms with E-state index in [4.69, 9.17) is 14.7 Å². The highest BCUT2D eigenvalue weighted by Crippen LogP contribution is 2.38. The van der Waals surface area contributed by atoms with Gasteiger partial charge in [0.25, 0.3) is 0 Å². The number of aromatic amines is 1. The summed E-state index contributed by atoms with van der Waals surface area (Å²) in [6, 6.07) is 23.8. The molecule has 2 aliphatic heterocycles. The van der Waals surface area contributed by atoms with Crippen LogP contribution < -0.4 is 0 Å². The van der Waals surface area contributed by atoms with Gasteiger partial charge in [0.1, 0.15) is 5.69 Å². The molecule has 2 unspecified atom stereocenters. The molecule has 2 saturated heterocycles. The second-order valence-corrected chi connectivity index (χ2v) is 11.7. The zero-order chi connectivity index (χ0) is 26.6. The van der Waals surface area contributed by atoms with E-state index >= 15 is 0 Å². The van der Waals surface area contributed by atoms with Crippen LogP contribution in [-0.4, -0.2) is 56.4 Å². The number of morpholine rings is 1. The van der Waals surface area contributed by atoms with Crippen molar-refractivity contribution in [3.05, 3.63) is 89.7 Å². The van der Waals surface area contributed by atoms with Gasteiger partial charge in [-0.2, -0.15) is 5.10 Å². The van der Waals surface area contributed by atoms with Gasteiger partial charge in [-0.15, -0.1) is 0 Å². The highest BCUT2D eigenvalue weighted by atomic mass is 16.5. The van der Waals surface area contributed by atoms with Crippen molar-refractivity contribution in [1.82, 2.24) is 25.1 Å². The molecule has 6 heteroatoms. The van der Waals surface area contributed by atoms with Gasteiger partial charge in [-0.05, 0) is 79.0 Å². The molecule has 5 heterocycles. The third kappa shape index (κ3) is 4.05. The van der Waals surface area contributed by atoms with Crippen molar-refractivity contribution in [2.45, 2.75) is 57.2 Å². The minimum atomic E-state index is 0.649. The maximum atomic E-state index is 5.74. The molecule has 5 aromatic rings. The Morgan fingerprint density at radius 3 is 2.40 bits per heavy atom. The topological polar surface area (TPSA) is 66.9 Å². The smallest absolute Gasteiger partial charge is 0.155 e. The molecule has 2 fully saturated rings. The highest BCUT2D eigenvalue weighted by Gasteiger charge is 2.45. The lowest BCUT2D eigenvalue weighted by atomic mass is 9.87. The number of fused-ring (bicyclic) bond motifs is 4. The van der Waals surface area contributed by atoms with Gasteiger partial charge in [0, 0.05) is 47.0 Å². The third-order valence-electron chi connectivity index (χ3n) is 9.34. The van der Waals surface area contributed by atoms with Crippen molar-refractivity contribution in [2.75, 3.05) is 13.2 Å². The van der Waals surface area contributed by atoms with Gasteiger partial charge in [-0.1, -0.05) is 48.5 Å². The van der Waals surface area contributed by atoms with Crippen LogP contribution in [0.5, 0.6) is 0 Å². The number of nitrogens with zero attached hydrogens (tertiary/aromatic N) is 4. The summed E-state index contributed by atoms with van der Waals surface area (Å²) >= 11 is 0. The minimum Gasteiger partial charge on any atom is -0.378 e. The summed E-state index contributed by atoms with van der Waals surface area (Å²) in [4.78, 5) is 12.3. The molecule has 0 amide bonds. The first-order chi connectivity index (χ1) is 19.7. The number of H-pyrrole nitrogens is 1. The quantitative estimate of drug-likeness (QED) is 0.275. The van der Waals surface area contributed by atoms with E-state index in [0.29, 0.717) is 18.1 Å². The Kier molecular flexibility index (Phi) is 5.78. The molecule has 0 saturated carbocycles. The Morgan fingerprint density at radius 1 is 0.800 bits per heavy atom. The Bertz CT molecular complexity index is 1690. The van der Waals surface area contributed by atoms with E-state index in [1.165, 1.54) is 47.1 Å². The molecule has 1 N–H and O–H groups in total. The first-order valence-electron chi connectivity index (χ1n) is 14.6. The summed E-state index contributed by atoms with van der Waals surface area (Å²) in [5.41, 5.74) is 11.3. The third-order valence-corrected chi connectivity index (χ3v) is 9.34. The maximum absolute atomic E-state index is 5.74. The van der Waals surface area contributed by atoms with Crippen LogP contribution in [0.1, 0.15) is 36.0 Å². The van der Waals surface area contributed by atoms with Crippen molar-refractivity contribution < 1.29 is 4.74 Å². The molecule has 1 aliphatic carbocycles. The predicted molar refractivity (Wildman–Crippen MR) is 158 cm³/mol. The number of hydrogen-bond donors (Lipinski definition) is 1. The minimum absolute atomic E-state index is 0.649. The Balaban J connectivity index is 1.06. The Labute approximate surface area is 234 Å². The summed E-state index contributed by atoms with van der Waals surface area (Å²) in [5.74, 6) is 0. The summed E-state index contributed by atoms with van der Waals surface area (Å²) in [6.07, 6.45) is 10.00. The van der Waals surface area contributed by atoms with E-state index in [2.05, 4.69) is 82.7 Å². The monoisotopic (exact) mass is 527 g/mol. The lowest BCUT2D eigenvalue weighted by molar-refractivity contribution is -0.148. The van der Waals surface area contributed by atoms with E-state index in [-0.39, 0.29) is 0 Å². The fourth-order valence-electron chi connectivity index (χ4n) is 7.18. The summed E-state index contributed by atoms with van der Waals surface area (Å²) in [5, 5.41) is 8.70. The van der Waals surface area contributed by atoms with E-state index in [9.17, 15) is 0 Å². The van der Waals surface area contributed by atoms with Gasteiger partial charge < -0.3 is 4.74 Å². The summed E-state index contributed by atoms with van der Waals surface area (Å²) < 4.78 is 5.74. The van der Waals surface area contributed by atoms with Gasteiger partial charge in [-0.25, -0.2) is 4.98 Å². The molecule has 8 rings (SSSR count). The molecule has 3 aliphatic rings. The van der Waals surface area contributed by atoms with Gasteiger partial charge in [0.2, 0.25) is 0 Å². The van der Waals surface area contributed by atoms with Crippen LogP contribution in [0.4, 0.5) is 0 Å². The average Bonchev–Trinajstić information content (AvgIpc) is 3.32. The van der Waals surface area contributed by atoms with Crippen LogP contribution in [0.25, 0.3) is 44.7 Å². The van der Waals surface area contributed by atoms with Crippen molar-refractivity contribution >= 4 is 11.0 Å². The average molecular weight is 528 g/mol. The van der Waals surface area contributed by atoms with Gasteiger partial charge in [0.15, 0.2) is 5.65 Å². The molecule has 3 aromatic heterocycles. The van der Waals surface area contributed by atoms with Crippen molar-refractivity contribution in [3.8, 4) is 33.6 Å². The standard InChI is InChI=1S/C34H33N5O/c1-21-4-2-3-5-30(21)25-10-13-32(35-17-25)33-31-15-26(18-36-34(31)38-37-33)24-7-6-22-8-11-27(12-9-23(22)14-24)39-28-16-29(39)20-40-19-28/h2-7,10,13-15,17-18,27-29H,8-9,11-12,16,19-20H2,1H3,(H,36,37,38)/t27-,28?,29?/m0/s1. The first-order valence-corrected chi connectivity index (χ1v) is 14.6. The number of nitrogens with one attached hydrogen (secondary N) is 1. The van der Waals surface area contributed by atoms with Gasteiger partial charge >= 0.3 is 0 Å². The molecular formula is C34H33N5O. The molecule has 2 bridgehead atoms. The number of ether oxygens (including phenoxy) is 1. The fraction of sp³-hybridized carbons (Fsp3) is 0.324. The molecular weight excluding hydrogens is 494 g/mol.